The van der Waals surface area contributed by atoms with E-state index in [9.17, 15) is 0 Å². The third-order valence-electron chi connectivity index (χ3n) is 3.13. The molecule has 1 aliphatic heterocycles. The van der Waals surface area contributed by atoms with Crippen LogP contribution in [0.15, 0.2) is 18.2 Å². The number of aryl methyl sites for hydroxylation is 1. The van der Waals surface area contributed by atoms with E-state index in [2.05, 4.69) is 30.4 Å². The molecule has 0 aromatic heterocycles. The van der Waals surface area contributed by atoms with E-state index >= 15 is 0 Å². The van der Waals surface area contributed by atoms with Crippen LogP contribution in [0.25, 0.3) is 0 Å². The molecule has 0 unspecified atom stereocenters. The van der Waals surface area contributed by atoms with Crippen LogP contribution in [-0.4, -0.2) is 13.7 Å². The maximum absolute atomic E-state index is 5.27. The van der Waals surface area contributed by atoms with Crippen LogP contribution in [0.5, 0.6) is 5.75 Å². The normalized spacial score (nSPS) is 21.3. The van der Waals surface area contributed by atoms with Crippen molar-refractivity contribution in [1.82, 2.24) is 5.32 Å². The largest absolute Gasteiger partial charge is 0.496 e. The third-order valence-corrected chi connectivity index (χ3v) is 3.13. The predicted molar refractivity (Wildman–Crippen MR) is 62.3 cm³/mol. The molecule has 1 N–H and O–H groups in total. The highest BCUT2D eigenvalue weighted by Gasteiger charge is 2.15. The Kier molecular flexibility index (Phi) is 3.27. The minimum atomic E-state index is 0.545. The van der Waals surface area contributed by atoms with Crippen LogP contribution in [0.1, 0.15) is 36.4 Å². The Bertz CT molecular complexity index is 329. The van der Waals surface area contributed by atoms with Crippen LogP contribution < -0.4 is 10.1 Å². The smallest absolute Gasteiger partial charge is 0.121 e. The van der Waals surface area contributed by atoms with Crippen LogP contribution >= 0.6 is 0 Å². The van der Waals surface area contributed by atoms with Crippen LogP contribution in [0.4, 0.5) is 0 Å². The molecule has 1 atom stereocenters. The highest BCUT2D eigenvalue weighted by molar-refractivity contribution is 5.37. The average molecular weight is 205 g/mol. The first-order chi connectivity index (χ1) is 7.31. The summed E-state index contributed by atoms with van der Waals surface area (Å²) in [4.78, 5) is 0. The Labute approximate surface area is 91.6 Å². The molecular formula is C13H19NO. The standard InChI is InChI=1S/C13H19NO/c1-10-9-11(6-7-13(10)15-2)12-5-3-4-8-14-12/h6-7,9,12,14H,3-5,8H2,1-2H3/t12-/m1/s1. The topological polar surface area (TPSA) is 21.3 Å². The maximum atomic E-state index is 5.27. The first-order valence-corrected chi connectivity index (χ1v) is 5.69. The lowest BCUT2D eigenvalue weighted by molar-refractivity contribution is 0.404. The molecule has 1 fully saturated rings. The monoisotopic (exact) mass is 205 g/mol. The molecule has 1 aliphatic rings. The number of benzene rings is 1. The molecule has 2 rings (SSSR count). The Morgan fingerprint density at radius 2 is 2.20 bits per heavy atom. The Balaban J connectivity index is 2.17. The van der Waals surface area contributed by atoms with Gasteiger partial charge >= 0.3 is 0 Å². The van der Waals surface area contributed by atoms with Gasteiger partial charge in [0.15, 0.2) is 0 Å². The van der Waals surface area contributed by atoms with E-state index in [4.69, 9.17) is 4.74 Å². The zero-order chi connectivity index (χ0) is 10.7. The maximum Gasteiger partial charge on any atom is 0.121 e. The second-order valence-electron chi connectivity index (χ2n) is 4.23. The summed E-state index contributed by atoms with van der Waals surface area (Å²) < 4.78 is 5.27. The first kappa shape index (κ1) is 10.5. The minimum Gasteiger partial charge on any atom is -0.496 e. The van der Waals surface area contributed by atoms with Gasteiger partial charge in [-0.05, 0) is 43.5 Å². The summed E-state index contributed by atoms with van der Waals surface area (Å²) in [6.07, 6.45) is 3.90. The fraction of sp³-hybridized carbons (Fsp3) is 0.538. The van der Waals surface area contributed by atoms with Gasteiger partial charge in [0, 0.05) is 6.04 Å². The van der Waals surface area contributed by atoms with Gasteiger partial charge in [-0.15, -0.1) is 0 Å². The molecule has 2 heteroatoms. The van der Waals surface area contributed by atoms with E-state index in [-0.39, 0.29) is 0 Å². The van der Waals surface area contributed by atoms with Gasteiger partial charge in [0.2, 0.25) is 0 Å². The van der Waals surface area contributed by atoms with Crippen molar-refractivity contribution in [2.45, 2.75) is 32.2 Å². The van der Waals surface area contributed by atoms with Crippen LogP contribution in [0.2, 0.25) is 0 Å². The molecule has 1 aromatic carbocycles. The van der Waals surface area contributed by atoms with Gasteiger partial charge in [-0.1, -0.05) is 18.6 Å². The molecule has 2 nitrogen and oxygen atoms in total. The zero-order valence-corrected chi connectivity index (χ0v) is 9.55. The first-order valence-electron chi connectivity index (χ1n) is 5.69. The van der Waals surface area contributed by atoms with Crippen molar-refractivity contribution in [1.29, 1.82) is 0 Å². The lowest BCUT2D eigenvalue weighted by atomic mass is 9.96. The molecule has 1 aromatic rings. The van der Waals surface area contributed by atoms with Gasteiger partial charge in [-0.2, -0.15) is 0 Å². The highest BCUT2D eigenvalue weighted by Crippen LogP contribution is 2.27. The molecule has 0 saturated carbocycles. The number of nitrogens with one attached hydrogen (secondary N) is 1. The van der Waals surface area contributed by atoms with Gasteiger partial charge in [0.25, 0.3) is 0 Å². The van der Waals surface area contributed by atoms with Gasteiger partial charge in [0.1, 0.15) is 5.75 Å². The van der Waals surface area contributed by atoms with Crippen molar-refractivity contribution in [3.63, 3.8) is 0 Å². The molecular weight excluding hydrogens is 186 g/mol. The number of hydrogen-bond acceptors (Lipinski definition) is 2. The number of piperidine rings is 1. The fourth-order valence-corrected chi connectivity index (χ4v) is 2.25. The summed E-state index contributed by atoms with van der Waals surface area (Å²) in [5.41, 5.74) is 2.62. The number of ether oxygens (including phenoxy) is 1. The van der Waals surface area contributed by atoms with Gasteiger partial charge < -0.3 is 10.1 Å². The zero-order valence-electron chi connectivity index (χ0n) is 9.55. The third kappa shape index (κ3) is 2.32. The number of rotatable bonds is 2. The Morgan fingerprint density at radius 1 is 1.33 bits per heavy atom. The summed E-state index contributed by atoms with van der Waals surface area (Å²) in [6.45, 7) is 3.25. The van der Waals surface area contributed by atoms with Crippen molar-refractivity contribution in [3.8, 4) is 5.75 Å². The van der Waals surface area contributed by atoms with Crippen molar-refractivity contribution in [3.05, 3.63) is 29.3 Å². The van der Waals surface area contributed by atoms with E-state index in [0.717, 1.165) is 12.3 Å². The highest BCUT2D eigenvalue weighted by atomic mass is 16.5. The predicted octanol–water partition coefficient (Wildman–Crippen LogP) is 2.82. The Hall–Kier alpha value is -1.02. The molecule has 1 heterocycles. The van der Waals surface area contributed by atoms with E-state index in [1.165, 1.54) is 30.4 Å². The summed E-state index contributed by atoms with van der Waals surface area (Å²) in [6, 6.07) is 7.03. The lowest BCUT2D eigenvalue weighted by Crippen LogP contribution is -2.26. The van der Waals surface area contributed by atoms with E-state index < -0.39 is 0 Å². The molecule has 1 saturated heterocycles. The minimum absolute atomic E-state index is 0.545. The van der Waals surface area contributed by atoms with Crippen molar-refractivity contribution >= 4 is 0 Å². The molecule has 0 spiro atoms. The van der Waals surface area contributed by atoms with Crippen LogP contribution in [0.3, 0.4) is 0 Å². The molecule has 0 amide bonds. The molecule has 15 heavy (non-hydrogen) atoms. The van der Waals surface area contributed by atoms with Crippen LogP contribution in [-0.2, 0) is 0 Å². The van der Waals surface area contributed by atoms with Gasteiger partial charge in [-0.25, -0.2) is 0 Å². The van der Waals surface area contributed by atoms with Crippen molar-refractivity contribution in [2.75, 3.05) is 13.7 Å². The summed E-state index contributed by atoms with van der Waals surface area (Å²) >= 11 is 0. The summed E-state index contributed by atoms with van der Waals surface area (Å²) in [5.74, 6) is 0.981. The van der Waals surface area contributed by atoms with Crippen molar-refractivity contribution in [2.24, 2.45) is 0 Å². The molecule has 0 radical (unpaired) electrons. The Morgan fingerprint density at radius 3 is 2.80 bits per heavy atom. The number of hydrogen-bond donors (Lipinski definition) is 1. The molecule has 0 aliphatic carbocycles. The summed E-state index contributed by atoms with van der Waals surface area (Å²) in [7, 11) is 1.72. The quantitative estimate of drug-likeness (QED) is 0.801. The summed E-state index contributed by atoms with van der Waals surface area (Å²) in [5, 5.41) is 3.56. The van der Waals surface area contributed by atoms with Crippen molar-refractivity contribution < 1.29 is 4.74 Å². The van der Waals surface area contributed by atoms with E-state index in [0.29, 0.717) is 6.04 Å². The second kappa shape index (κ2) is 4.67. The van der Waals surface area contributed by atoms with E-state index in [1.807, 2.05) is 0 Å². The SMILES string of the molecule is COc1ccc([C@H]2CCCCN2)cc1C. The average Bonchev–Trinajstić information content (AvgIpc) is 2.30. The van der Waals surface area contributed by atoms with Gasteiger partial charge in [-0.3, -0.25) is 0 Å². The molecule has 0 bridgehead atoms. The van der Waals surface area contributed by atoms with E-state index in [1.54, 1.807) is 7.11 Å². The van der Waals surface area contributed by atoms with Crippen LogP contribution in [0, 0.1) is 6.92 Å². The number of methoxy groups -OCH3 is 1. The molecule has 82 valence electrons. The fourth-order valence-electron chi connectivity index (χ4n) is 2.25. The van der Waals surface area contributed by atoms with Gasteiger partial charge in [0.05, 0.1) is 7.11 Å². The lowest BCUT2D eigenvalue weighted by Gasteiger charge is -2.24. The second-order valence-corrected chi connectivity index (χ2v) is 4.23.